The van der Waals surface area contributed by atoms with Gasteiger partial charge < -0.3 is 20.4 Å². The van der Waals surface area contributed by atoms with Crippen LogP contribution in [0.3, 0.4) is 0 Å². The number of nitrogens with one attached hydrogen (secondary N) is 3. The monoisotopic (exact) mass is 272 g/mol. The summed E-state index contributed by atoms with van der Waals surface area (Å²) in [5.41, 5.74) is 3.08. The Morgan fingerprint density at radius 3 is 2.90 bits per heavy atom. The van der Waals surface area contributed by atoms with Crippen molar-refractivity contribution in [1.29, 1.82) is 0 Å². The molecule has 0 bridgehead atoms. The summed E-state index contributed by atoms with van der Waals surface area (Å²) in [6, 6.07) is 5.45. The van der Waals surface area contributed by atoms with Crippen LogP contribution in [0.1, 0.15) is 34.8 Å². The van der Waals surface area contributed by atoms with E-state index in [2.05, 4.69) is 20.6 Å². The summed E-state index contributed by atoms with van der Waals surface area (Å²) >= 11 is 0. The third-order valence-corrected chi connectivity index (χ3v) is 3.26. The molecule has 0 saturated carbocycles. The van der Waals surface area contributed by atoms with Crippen LogP contribution in [0.2, 0.25) is 0 Å². The highest BCUT2D eigenvalue weighted by atomic mass is 16.5. The summed E-state index contributed by atoms with van der Waals surface area (Å²) < 4.78 is 5.41. The van der Waals surface area contributed by atoms with Crippen molar-refractivity contribution < 1.29 is 9.53 Å². The van der Waals surface area contributed by atoms with Gasteiger partial charge in [-0.3, -0.25) is 4.79 Å². The van der Waals surface area contributed by atoms with Gasteiger partial charge in [-0.2, -0.15) is 0 Å². The zero-order valence-corrected chi connectivity index (χ0v) is 11.4. The topological polar surface area (TPSA) is 79.0 Å². The Bertz CT molecular complexity index is 650. The number of H-pyrrole nitrogens is 1. The molecule has 1 aromatic carbocycles. The molecule has 2 heterocycles. The number of amides is 1. The molecule has 1 amide bonds. The highest BCUT2D eigenvalue weighted by molar-refractivity contribution is 6.02. The zero-order chi connectivity index (χ0) is 14.1. The molecule has 6 heteroatoms. The van der Waals surface area contributed by atoms with Crippen LogP contribution in [0.15, 0.2) is 24.5 Å². The molecule has 1 aliphatic rings. The molecule has 0 aliphatic carbocycles. The Morgan fingerprint density at radius 2 is 2.20 bits per heavy atom. The van der Waals surface area contributed by atoms with Crippen LogP contribution in [0.5, 0.6) is 5.75 Å². The van der Waals surface area contributed by atoms with Gasteiger partial charge in [0.15, 0.2) is 0 Å². The number of rotatable bonds is 3. The Balaban J connectivity index is 1.92. The average molecular weight is 272 g/mol. The molecule has 1 aromatic heterocycles. The van der Waals surface area contributed by atoms with E-state index in [1.54, 1.807) is 12.4 Å². The van der Waals surface area contributed by atoms with E-state index in [-0.39, 0.29) is 12.1 Å². The molecule has 1 atom stereocenters. The van der Waals surface area contributed by atoms with Crippen molar-refractivity contribution in [3.05, 3.63) is 41.5 Å². The van der Waals surface area contributed by atoms with Gasteiger partial charge in [0.25, 0.3) is 5.91 Å². The number of carbonyl (C=O) groups excluding carboxylic acids is 1. The molecule has 0 fully saturated rings. The molecule has 0 saturated heterocycles. The molecule has 104 valence electrons. The number of anilines is 1. The normalized spacial score (nSPS) is 17.1. The molecule has 0 unspecified atom stereocenters. The van der Waals surface area contributed by atoms with Crippen LogP contribution in [0.4, 0.5) is 5.69 Å². The molecule has 20 heavy (non-hydrogen) atoms. The largest absolute Gasteiger partial charge is 0.494 e. The van der Waals surface area contributed by atoms with Crippen molar-refractivity contribution >= 4 is 11.6 Å². The van der Waals surface area contributed by atoms with Gasteiger partial charge >= 0.3 is 0 Å². The molecular weight excluding hydrogens is 256 g/mol. The van der Waals surface area contributed by atoms with Crippen LogP contribution in [-0.4, -0.2) is 22.5 Å². The number of aryl methyl sites for hydroxylation is 1. The van der Waals surface area contributed by atoms with Gasteiger partial charge in [-0.25, -0.2) is 4.98 Å². The molecule has 0 spiro atoms. The van der Waals surface area contributed by atoms with Gasteiger partial charge in [-0.15, -0.1) is 0 Å². The Labute approximate surface area is 116 Å². The van der Waals surface area contributed by atoms with Crippen molar-refractivity contribution in [3.63, 3.8) is 0 Å². The number of imidazole rings is 1. The molecule has 3 rings (SSSR count). The summed E-state index contributed by atoms with van der Waals surface area (Å²) in [6.07, 6.45) is 1.30. The van der Waals surface area contributed by atoms with E-state index in [0.29, 0.717) is 17.9 Å². The van der Waals surface area contributed by atoms with E-state index < -0.39 is 0 Å². The maximum absolute atomic E-state index is 12.2. The molecule has 2 aromatic rings. The lowest BCUT2D eigenvalue weighted by Gasteiger charge is -2.27. The van der Waals surface area contributed by atoms with E-state index in [4.69, 9.17) is 4.74 Å². The number of ether oxygens (including phenoxy) is 1. The first-order valence-electron chi connectivity index (χ1n) is 6.53. The lowest BCUT2D eigenvalue weighted by molar-refractivity contribution is 0.0934. The SMILES string of the molecule is CCOc1ccc2c(c1)C(=O)N[C@H](c1nc[nH]c1C)N2. The number of aromatic amines is 1. The number of benzene rings is 1. The lowest BCUT2D eigenvalue weighted by atomic mass is 10.1. The van der Waals surface area contributed by atoms with Gasteiger partial charge in [-0.05, 0) is 32.0 Å². The second-order valence-electron chi connectivity index (χ2n) is 4.60. The predicted molar refractivity (Wildman–Crippen MR) is 74.8 cm³/mol. The predicted octanol–water partition coefficient (Wildman–Crippen LogP) is 1.97. The summed E-state index contributed by atoms with van der Waals surface area (Å²) in [4.78, 5) is 19.5. The summed E-state index contributed by atoms with van der Waals surface area (Å²) in [7, 11) is 0. The minimum absolute atomic E-state index is 0.132. The second kappa shape index (κ2) is 4.88. The molecule has 6 nitrogen and oxygen atoms in total. The quantitative estimate of drug-likeness (QED) is 0.798. The first-order valence-corrected chi connectivity index (χ1v) is 6.53. The third kappa shape index (κ3) is 2.09. The number of hydrogen-bond acceptors (Lipinski definition) is 4. The van der Waals surface area contributed by atoms with Crippen LogP contribution < -0.4 is 15.4 Å². The van der Waals surface area contributed by atoms with Gasteiger partial charge in [0, 0.05) is 11.4 Å². The number of fused-ring (bicyclic) bond motifs is 1. The van der Waals surface area contributed by atoms with Crippen LogP contribution in [0.25, 0.3) is 0 Å². The minimum atomic E-state index is -0.320. The zero-order valence-electron chi connectivity index (χ0n) is 11.4. The van der Waals surface area contributed by atoms with E-state index in [0.717, 1.165) is 17.1 Å². The summed E-state index contributed by atoms with van der Waals surface area (Å²) in [5.74, 6) is 0.560. The van der Waals surface area contributed by atoms with E-state index in [1.165, 1.54) is 0 Å². The Kier molecular flexibility index (Phi) is 3.06. The van der Waals surface area contributed by atoms with Crippen molar-refractivity contribution in [3.8, 4) is 5.75 Å². The molecular formula is C14H16N4O2. The highest BCUT2D eigenvalue weighted by Crippen LogP contribution is 2.29. The van der Waals surface area contributed by atoms with Crippen molar-refractivity contribution in [2.45, 2.75) is 20.0 Å². The van der Waals surface area contributed by atoms with Crippen molar-refractivity contribution in [2.24, 2.45) is 0 Å². The maximum Gasteiger partial charge on any atom is 0.255 e. The summed E-state index contributed by atoms with van der Waals surface area (Å²) in [6.45, 7) is 4.40. The molecule has 1 aliphatic heterocycles. The van der Waals surface area contributed by atoms with Gasteiger partial charge in [0.05, 0.1) is 18.5 Å². The fourth-order valence-electron chi connectivity index (χ4n) is 2.29. The third-order valence-electron chi connectivity index (χ3n) is 3.26. The van der Waals surface area contributed by atoms with Gasteiger partial charge in [0.1, 0.15) is 17.6 Å². The number of aromatic nitrogens is 2. The fourth-order valence-corrected chi connectivity index (χ4v) is 2.29. The van der Waals surface area contributed by atoms with Crippen LogP contribution in [-0.2, 0) is 0 Å². The Hall–Kier alpha value is -2.50. The van der Waals surface area contributed by atoms with Crippen LogP contribution >= 0.6 is 0 Å². The lowest BCUT2D eigenvalue weighted by Crippen LogP contribution is -2.39. The standard InChI is InChI=1S/C14H16N4O2/c1-3-20-9-4-5-11-10(6-9)14(19)18-13(17-11)12-8(2)15-7-16-12/h4-7,13,17H,3H2,1-2H3,(H,15,16)(H,18,19)/t13-/m1/s1. The Morgan fingerprint density at radius 1 is 1.35 bits per heavy atom. The van der Waals surface area contributed by atoms with Gasteiger partial charge in [0.2, 0.25) is 0 Å². The molecule has 3 N–H and O–H groups in total. The average Bonchev–Trinajstić information content (AvgIpc) is 2.86. The first-order chi connectivity index (χ1) is 9.69. The highest BCUT2D eigenvalue weighted by Gasteiger charge is 2.27. The van der Waals surface area contributed by atoms with Gasteiger partial charge in [-0.1, -0.05) is 0 Å². The molecule has 0 radical (unpaired) electrons. The van der Waals surface area contributed by atoms with E-state index >= 15 is 0 Å². The van der Waals surface area contributed by atoms with Crippen LogP contribution in [0, 0.1) is 6.92 Å². The number of hydrogen-bond donors (Lipinski definition) is 3. The summed E-state index contributed by atoms with van der Waals surface area (Å²) in [5, 5.41) is 6.17. The van der Waals surface area contributed by atoms with E-state index in [9.17, 15) is 4.79 Å². The fraction of sp³-hybridized carbons (Fsp3) is 0.286. The van der Waals surface area contributed by atoms with Crippen molar-refractivity contribution in [1.82, 2.24) is 15.3 Å². The smallest absolute Gasteiger partial charge is 0.255 e. The maximum atomic E-state index is 12.2. The van der Waals surface area contributed by atoms with E-state index in [1.807, 2.05) is 26.0 Å². The number of nitrogens with zero attached hydrogens (tertiary/aromatic N) is 1. The minimum Gasteiger partial charge on any atom is -0.494 e. The first kappa shape index (κ1) is 12.5. The number of carbonyl (C=O) groups is 1. The van der Waals surface area contributed by atoms with Crippen molar-refractivity contribution in [2.75, 3.05) is 11.9 Å². The second-order valence-corrected chi connectivity index (χ2v) is 4.60.